The first-order valence-electron chi connectivity index (χ1n) is 3.48. The molecule has 1 heterocycles. The van der Waals surface area contributed by atoms with E-state index in [1.807, 2.05) is 0 Å². The summed E-state index contributed by atoms with van der Waals surface area (Å²) in [5.74, 6) is -0.0357. The van der Waals surface area contributed by atoms with Crippen LogP contribution in [-0.4, -0.2) is 30.7 Å². The summed E-state index contributed by atoms with van der Waals surface area (Å²) in [7, 11) is 1.54. The maximum absolute atomic E-state index is 11.3. The summed E-state index contributed by atoms with van der Waals surface area (Å²) < 4.78 is 4.86. The quantitative estimate of drug-likeness (QED) is 0.618. The number of rotatable bonds is 3. The molecule has 64 valence electrons. The molecule has 0 fully saturated rings. The van der Waals surface area contributed by atoms with Gasteiger partial charge in [-0.3, -0.25) is 4.79 Å². The fourth-order valence-corrected chi connectivity index (χ4v) is 0.783. The van der Waals surface area contributed by atoms with Crippen molar-refractivity contribution in [2.24, 2.45) is 0 Å². The van der Waals surface area contributed by atoms with Crippen molar-refractivity contribution < 1.29 is 14.0 Å². The van der Waals surface area contributed by atoms with Crippen LogP contribution in [-0.2, 0) is 4.79 Å². The third-order valence-corrected chi connectivity index (χ3v) is 1.43. The SMILES string of the molecule is CN(CC=O)C(=O)c1ccco1. The van der Waals surface area contributed by atoms with Crippen molar-refractivity contribution in [2.75, 3.05) is 13.6 Å². The molecule has 0 saturated carbocycles. The normalized spacial score (nSPS) is 9.42. The predicted molar refractivity (Wildman–Crippen MR) is 41.7 cm³/mol. The van der Waals surface area contributed by atoms with Crippen LogP contribution in [0.2, 0.25) is 0 Å². The predicted octanol–water partition coefficient (Wildman–Crippen LogP) is 0.550. The minimum atomic E-state index is -0.285. The van der Waals surface area contributed by atoms with E-state index in [1.165, 1.54) is 11.2 Å². The van der Waals surface area contributed by atoms with Gasteiger partial charge in [-0.15, -0.1) is 0 Å². The Morgan fingerprint density at radius 3 is 3.00 bits per heavy atom. The summed E-state index contributed by atoms with van der Waals surface area (Å²) >= 11 is 0. The standard InChI is InChI=1S/C8H9NO3/c1-9(4-5-10)8(11)7-3-2-6-12-7/h2-3,5-6H,4H2,1H3. The second-order valence-corrected chi connectivity index (χ2v) is 2.33. The number of carbonyl (C=O) groups excluding carboxylic acids is 2. The number of aldehydes is 1. The molecule has 4 heteroatoms. The molecular weight excluding hydrogens is 158 g/mol. The lowest BCUT2D eigenvalue weighted by atomic mass is 10.4. The molecule has 0 aliphatic carbocycles. The second-order valence-electron chi connectivity index (χ2n) is 2.33. The maximum Gasteiger partial charge on any atom is 0.289 e. The smallest absolute Gasteiger partial charge is 0.289 e. The van der Waals surface area contributed by atoms with Crippen molar-refractivity contribution in [3.05, 3.63) is 24.2 Å². The zero-order valence-electron chi connectivity index (χ0n) is 6.69. The molecule has 0 atom stereocenters. The number of carbonyl (C=O) groups is 2. The van der Waals surface area contributed by atoms with Crippen molar-refractivity contribution >= 4 is 12.2 Å². The summed E-state index contributed by atoms with van der Waals surface area (Å²) in [5, 5.41) is 0. The lowest BCUT2D eigenvalue weighted by molar-refractivity contribution is -0.108. The van der Waals surface area contributed by atoms with Crippen LogP contribution in [0.15, 0.2) is 22.8 Å². The lowest BCUT2D eigenvalue weighted by Gasteiger charge is -2.10. The van der Waals surface area contributed by atoms with Crippen molar-refractivity contribution in [2.45, 2.75) is 0 Å². The Kier molecular flexibility index (Phi) is 2.63. The van der Waals surface area contributed by atoms with Gasteiger partial charge in [-0.25, -0.2) is 0 Å². The van der Waals surface area contributed by atoms with Crippen molar-refractivity contribution in [1.82, 2.24) is 4.90 Å². The van der Waals surface area contributed by atoms with Crippen LogP contribution in [0.4, 0.5) is 0 Å². The van der Waals surface area contributed by atoms with Crippen LogP contribution < -0.4 is 0 Å². The molecule has 1 aromatic heterocycles. The van der Waals surface area contributed by atoms with Crippen LogP contribution in [0.3, 0.4) is 0 Å². The van der Waals surface area contributed by atoms with E-state index < -0.39 is 0 Å². The van der Waals surface area contributed by atoms with E-state index in [1.54, 1.807) is 19.2 Å². The molecule has 0 spiro atoms. The topological polar surface area (TPSA) is 50.5 Å². The highest BCUT2D eigenvalue weighted by Gasteiger charge is 2.12. The summed E-state index contributed by atoms with van der Waals surface area (Å²) in [6.45, 7) is 0.0829. The van der Waals surface area contributed by atoms with Crippen LogP contribution in [0.5, 0.6) is 0 Å². The van der Waals surface area contributed by atoms with Gasteiger partial charge in [0.15, 0.2) is 5.76 Å². The maximum atomic E-state index is 11.3. The summed E-state index contributed by atoms with van der Waals surface area (Å²) in [4.78, 5) is 22.6. The number of furan rings is 1. The molecule has 12 heavy (non-hydrogen) atoms. The Hall–Kier alpha value is -1.58. The molecule has 0 saturated heterocycles. The molecular formula is C8H9NO3. The van der Waals surface area contributed by atoms with Gasteiger partial charge < -0.3 is 14.1 Å². The van der Waals surface area contributed by atoms with Crippen LogP contribution in [0, 0.1) is 0 Å². The van der Waals surface area contributed by atoms with Crippen molar-refractivity contribution in [3.8, 4) is 0 Å². The monoisotopic (exact) mass is 167 g/mol. The Morgan fingerprint density at radius 2 is 2.50 bits per heavy atom. The average molecular weight is 167 g/mol. The highest BCUT2D eigenvalue weighted by Crippen LogP contribution is 2.02. The van der Waals surface area contributed by atoms with E-state index >= 15 is 0 Å². The van der Waals surface area contributed by atoms with Gasteiger partial charge >= 0.3 is 0 Å². The van der Waals surface area contributed by atoms with Gasteiger partial charge in [0.2, 0.25) is 0 Å². The Balaban J connectivity index is 2.65. The van der Waals surface area contributed by atoms with Gasteiger partial charge in [0.1, 0.15) is 6.29 Å². The largest absolute Gasteiger partial charge is 0.459 e. The molecule has 1 amide bonds. The third-order valence-electron chi connectivity index (χ3n) is 1.43. The van der Waals surface area contributed by atoms with Crippen LogP contribution in [0.25, 0.3) is 0 Å². The van der Waals surface area contributed by atoms with E-state index in [9.17, 15) is 9.59 Å². The van der Waals surface area contributed by atoms with Gasteiger partial charge in [0.05, 0.1) is 12.8 Å². The van der Waals surface area contributed by atoms with Crippen molar-refractivity contribution in [1.29, 1.82) is 0 Å². The summed E-state index contributed by atoms with van der Waals surface area (Å²) in [5.41, 5.74) is 0. The third kappa shape index (κ3) is 1.72. The van der Waals surface area contributed by atoms with Crippen LogP contribution in [0.1, 0.15) is 10.6 Å². The summed E-state index contributed by atoms with van der Waals surface area (Å²) in [6.07, 6.45) is 2.09. The number of nitrogens with zero attached hydrogens (tertiary/aromatic N) is 1. The minimum Gasteiger partial charge on any atom is -0.459 e. The zero-order valence-corrected chi connectivity index (χ0v) is 6.69. The Labute approximate surface area is 69.8 Å². The first kappa shape index (κ1) is 8.52. The fourth-order valence-electron chi connectivity index (χ4n) is 0.783. The molecule has 0 N–H and O–H groups in total. The van der Waals surface area contributed by atoms with Gasteiger partial charge in [0.25, 0.3) is 5.91 Å². The van der Waals surface area contributed by atoms with Gasteiger partial charge in [-0.2, -0.15) is 0 Å². The minimum absolute atomic E-state index is 0.0829. The highest BCUT2D eigenvalue weighted by molar-refractivity contribution is 5.92. The van der Waals surface area contributed by atoms with E-state index in [2.05, 4.69) is 0 Å². The Morgan fingerprint density at radius 1 is 1.75 bits per heavy atom. The Bertz CT molecular complexity index is 266. The lowest BCUT2D eigenvalue weighted by Crippen LogP contribution is -2.27. The molecule has 1 rings (SSSR count). The summed E-state index contributed by atoms with van der Waals surface area (Å²) in [6, 6.07) is 3.19. The van der Waals surface area contributed by atoms with Gasteiger partial charge in [-0.1, -0.05) is 0 Å². The number of hydrogen-bond acceptors (Lipinski definition) is 3. The molecule has 0 bridgehead atoms. The van der Waals surface area contributed by atoms with E-state index in [-0.39, 0.29) is 18.2 Å². The number of likely N-dealkylation sites (N-methyl/N-ethyl adjacent to an activating group) is 1. The zero-order chi connectivity index (χ0) is 8.97. The van der Waals surface area contributed by atoms with E-state index in [0.717, 1.165) is 0 Å². The molecule has 0 unspecified atom stereocenters. The molecule has 0 aromatic carbocycles. The second kappa shape index (κ2) is 3.71. The fraction of sp³-hybridized carbons (Fsp3) is 0.250. The van der Waals surface area contributed by atoms with Crippen molar-refractivity contribution in [3.63, 3.8) is 0 Å². The van der Waals surface area contributed by atoms with Gasteiger partial charge in [0, 0.05) is 7.05 Å². The van der Waals surface area contributed by atoms with Crippen LogP contribution >= 0.6 is 0 Å². The highest BCUT2D eigenvalue weighted by atomic mass is 16.3. The number of amides is 1. The first-order valence-corrected chi connectivity index (χ1v) is 3.48. The van der Waals surface area contributed by atoms with E-state index in [4.69, 9.17) is 4.42 Å². The number of hydrogen-bond donors (Lipinski definition) is 0. The molecule has 0 radical (unpaired) electrons. The van der Waals surface area contributed by atoms with Gasteiger partial charge in [-0.05, 0) is 12.1 Å². The average Bonchev–Trinajstić information content (AvgIpc) is 2.55. The molecule has 4 nitrogen and oxygen atoms in total. The first-order chi connectivity index (χ1) is 5.75. The molecule has 0 aliphatic rings. The van der Waals surface area contributed by atoms with E-state index in [0.29, 0.717) is 6.29 Å². The molecule has 0 aliphatic heterocycles. The molecule has 1 aromatic rings.